The zero-order chi connectivity index (χ0) is 20.0. The minimum atomic E-state index is -0.638. The minimum Gasteiger partial charge on any atom is -0.368 e. The third kappa shape index (κ3) is 3.07. The molecular formula is C19H19ClN4O3S. The second kappa shape index (κ2) is 7.20. The number of primary amides is 1. The van der Waals surface area contributed by atoms with Gasteiger partial charge in [0, 0.05) is 23.0 Å². The number of aromatic nitrogens is 2. The molecule has 28 heavy (non-hydrogen) atoms. The van der Waals surface area contributed by atoms with Gasteiger partial charge < -0.3 is 5.73 Å². The summed E-state index contributed by atoms with van der Waals surface area (Å²) in [6, 6.07) is 6.55. The molecule has 1 aliphatic rings. The third-order valence-corrected chi connectivity index (χ3v) is 6.50. The highest BCUT2D eigenvalue weighted by molar-refractivity contribution is 7.18. The molecule has 9 heteroatoms. The van der Waals surface area contributed by atoms with E-state index in [9.17, 15) is 14.4 Å². The van der Waals surface area contributed by atoms with E-state index in [4.69, 9.17) is 17.3 Å². The summed E-state index contributed by atoms with van der Waals surface area (Å²) >= 11 is 7.46. The van der Waals surface area contributed by atoms with E-state index in [0.717, 1.165) is 41.1 Å². The van der Waals surface area contributed by atoms with Gasteiger partial charge in [-0.2, -0.15) is 0 Å². The zero-order valence-corrected chi connectivity index (χ0v) is 16.8. The van der Waals surface area contributed by atoms with Gasteiger partial charge in [-0.25, -0.2) is 9.36 Å². The van der Waals surface area contributed by atoms with E-state index in [1.54, 1.807) is 24.3 Å². The summed E-state index contributed by atoms with van der Waals surface area (Å²) in [5, 5.41) is 0.910. The normalized spacial score (nSPS) is 14.4. The third-order valence-electron chi connectivity index (χ3n) is 5.03. The van der Waals surface area contributed by atoms with Crippen molar-refractivity contribution in [2.24, 2.45) is 5.73 Å². The maximum absolute atomic E-state index is 13.4. The molecule has 4 rings (SSSR count). The van der Waals surface area contributed by atoms with Crippen LogP contribution in [0.4, 0.5) is 0 Å². The van der Waals surface area contributed by atoms with Crippen LogP contribution in [-0.2, 0) is 24.3 Å². The van der Waals surface area contributed by atoms with Gasteiger partial charge in [0.2, 0.25) is 5.91 Å². The van der Waals surface area contributed by atoms with Crippen LogP contribution in [0.3, 0.4) is 0 Å². The maximum atomic E-state index is 13.4. The molecular weight excluding hydrogens is 400 g/mol. The molecule has 1 aromatic carbocycles. The Kier molecular flexibility index (Phi) is 4.86. The Morgan fingerprint density at radius 2 is 2.11 bits per heavy atom. The lowest BCUT2D eigenvalue weighted by atomic mass is 10.1. The van der Waals surface area contributed by atoms with Crippen molar-refractivity contribution in [3.05, 3.63) is 60.6 Å². The van der Waals surface area contributed by atoms with Crippen molar-refractivity contribution < 1.29 is 4.79 Å². The fourth-order valence-corrected chi connectivity index (χ4v) is 5.22. The molecule has 3 aromatic rings. The molecule has 0 aliphatic carbocycles. The van der Waals surface area contributed by atoms with Crippen molar-refractivity contribution in [2.75, 3.05) is 13.1 Å². The molecule has 146 valence electrons. The first-order chi connectivity index (χ1) is 13.4. The summed E-state index contributed by atoms with van der Waals surface area (Å²) in [6.07, 6.45) is 0.725. The fraction of sp³-hybridized carbons (Fsp3) is 0.316. The molecule has 7 nitrogen and oxygen atoms in total. The zero-order valence-electron chi connectivity index (χ0n) is 15.3. The van der Waals surface area contributed by atoms with Gasteiger partial charge in [0.15, 0.2) is 0 Å². The first kappa shape index (κ1) is 18.9. The minimum absolute atomic E-state index is 0.285. The van der Waals surface area contributed by atoms with Crippen LogP contribution in [0.5, 0.6) is 0 Å². The molecule has 2 aromatic heterocycles. The predicted octanol–water partition coefficient (Wildman–Crippen LogP) is 1.73. The summed E-state index contributed by atoms with van der Waals surface area (Å²) in [6.45, 7) is 4.29. The first-order valence-corrected chi connectivity index (χ1v) is 10.2. The Labute approximate surface area is 169 Å². The van der Waals surface area contributed by atoms with Crippen molar-refractivity contribution in [3.63, 3.8) is 0 Å². The topological polar surface area (TPSA) is 90.3 Å². The second-order valence-corrected chi connectivity index (χ2v) is 8.28. The smallest absolute Gasteiger partial charge is 0.337 e. The van der Waals surface area contributed by atoms with Crippen LogP contribution in [0.25, 0.3) is 15.9 Å². The van der Waals surface area contributed by atoms with Gasteiger partial charge in [0.05, 0.1) is 11.1 Å². The summed E-state index contributed by atoms with van der Waals surface area (Å²) in [5.41, 5.74) is 5.74. The van der Waals surface area contributed by atoms with E-state index in [1.807, 2.05) is 0 Å². The molecule has 0 fully saturated rings. The van der Waals surface area contributed by atoms with Crippen LogP contribution >= 0.6 is 22.9 Å². The lowest BCUT2D eigenvalue weighted by Gasteiger charge is -2.24. The van der Waals surface area contributed by atoms with Crippen molar-refractivity contribution in [2.45, 2.75) is 26.4 Å². The van der Waals surface area contributed by atoms with Gasteiger partial charge in [0.25, 0.3) is 5.56 Å². The van der Waals surface area contributed by atoms with E-state index in [1.165, 1.54) is 15.9 Å². The molecule has 0 radical (unpaired) electrons. The van der Waals surface area contributed by atoms with Crippen LogP contribution in [0.1, 0.15) is 17.4 Å². The Bertz CT molecular complexity index is 1210. The predicted molar refractivity (Wildman–Crippen MR) is 111 cm³/mol. The Hall–Kier alpha value is -2.42. The monoisotopic (exact) mass is 418 g/mol. The number of hydrogen-bond acceptors (Lipinski definition) is 5. The molecule has 0 spiro atoms. The number of nitrogens with two attached hydrogens (primary N) is 1. The molecule has 0 unspecified atom stereocenters. The Morgan fingerprint density at radius 1 is 1.32 bits per heavy atom. The summed E-state index contributed by atoms with van der Waals surface area (Å²) in [7, 11) is 0. The number of rotatable bonds is 4. The fourth-order valence-electron chi connectivity index (χ4n) is 3.67. The van der Waals surface area contributed by atoms with Crippen molar-refractivity contribution in [1.29, 1.82) is 0 Å². The van der Waals surface area contributed by atoms with E-state index in [-0.39, 0.29) is 12.1 Å². The highest BCUT2D eigenvalue weighted by atomic mass is 35.5. The van der Waals surface area contributed by atoms with E-state index in [2.05, 4.69) is 11.8 Å². The Morgan fingerprint density at radius 3 is 2.79 bits per heavy atom. The number of benzene rings is 1. The number of halogens is 1. The SMILES string of the molecule is CCN1CCc2c(sc3c2c(=O)n(-c2cccc(Cl)c2)c(=O)n3CC(N)=O)C1. The molecule has 1 aliphatic heterocycles. The van der Waals surface area contributed by atoms with Crippen molar-refractivity contribution >= 4 is 39.1 Å². The van der Waals surface area contributed by atoms with E-state index in [0.29, 0.717) is 20.9 Å². The lowest BCUT2D eigenvalue weighted by molar-refractivity contribution is -0.118. The van der Waals surface area contributed by atoms with Crippen LogP contribution in [0, 0.1) is 0 Å². The summed E-state index contributed by atoms with van der Waals surface area (Å²) in [4.78, 5) is 42.0. The highest BCUT2D eigenvalue weighted by Crippen LogP contribution is 2.33. The lowest BCUT2D eigenvalue weighted by Crippen LogP contribution is -2.41. The average Bonchev–Trinajstić information content (AvgIpc) is 3.03. The number of nitrogens with zero attached hydrogens (tertiary/aromatic N) is 3. The van der Waals surface area contributed by atoms with Gasteiger partial charge in [-0.05, 0) is 36.7 Å². The van der Waals surface area contributed by atoms with Gasteiger partial charge in [-0.3, -0.25) is 19.1 Å². The van der Waals surface area contributed by atoms with E-state index >= 15 is 0 Å². The maximum Gasteiger partial charge on any atom is 0.337 e. The van der Waals surface area contributed by atoms with Crippen LogP contribution < -0.4 is 17.0 Å². The number of carbonyl (C=O) groups is 1. The van der Waals surface area contributed by atoms with E-state index < -0.39 is 11.6 Å². The molecule has 0 atom stereocenters. The molecule has 0 saturated carbocycles. The molecule has 1 amide bonds. The van der Waals surface area contributed by atoms with Crippen molar-refractivity contribution in [1.82, 2.24) is 14.0 Å². The number of thiophene rings is 1. The van der Waals surface area contributed by atoms with Crippen molar-refractivity contribution in [3.8, 4) is 5.69 Å². The average molecular weight is 419 g/mol. The largest absolute Gasteiger partial charge is 0.368 e. The number of carbonyl (C=O) groups excluding carboxylic acids is 1. The van der Waals surface area contributed by atoms with Gasteiger partial charge in [-0.1, -0.05) is 24.6 Å². The van der Waals surface area contributed by atoms with Gasteiger partial charge in [0.1, 0.15) is 11.4 Å². The molecule has 2 N–H and O–H groups in total. The van der Waals surface area contributed by atoms with Crippen LogP contribution in [0.2, 0.25) is 5.02 Å². The van der Waals surface area contributed by atoms with Crippen LogP contribution in [0.15, 0.2) is 33.9 Å². The number of likely N-dealkylation sites (N-methyl/N-ethyl adjacent to an activating group) is 1. The second-order valence-electron chi connectivity index (χ2n) is 6.76. The first-order valence-electron chi connectivity index (χ1n) is 8.97. The molecule has 0 saturated heterocycles. The Balaban J connectivity index is 2.08. The quantitative estimate of drug-likeness (QED) is 0.698. The molecule has 0 bridgehead atoms. The van der Waals surface area contributed by atoms with Crippen LogP contribution in [-0.4, -0.2) is 33.0 Å². The van der Waals surface area contributed by atoms with Gasteiger partial charge >= 0.3 is 5.69 Å². The number of amides is 1. The molecule has 3 heterocycles. The number of hydrogen-bond donors (Lipinski definition) is 1. The summed E-state index contributed by atoms with van der Waals surface area (Å²) < 4.78 is 2.38. The highest BCUT2D eigenvalue weighted by Gasteiger charge is 2.26. The standard InChI is InChI=1S/C19H19ClN4O3S/c1-2-22-7-6-13-14(9-22)28-18-16(13)17(26)24(12-5-3-4-11(20)8-12)19(27)23(18)10-15(21)25/h3-5,8H,2,6-7,9-10H2,1H3,(H2,21,25). The summed E-state index contributed by atoms with van der Waals surface area (Å²) in [5.74, 6) is -0.638. The number of fused-ring (bicyclic) bond motifs is 3. The van der Waals surface area contributed by atoms with Gasteiger partial charge in [-0.15, -0.1) is 11.3 Å².